The third kappa shape index (κ3) is 2.20. The molecule has 4 nitrogen and oxygen atoms in total. The first-order valence-electron chi connectivity index (χ1n) is 8.77. The molecule has 2 aromatic carbocycles. The predicted octanol–water partition coefficient (Wildman–Crippen LogP) is 3.05. The van der Waals surface area contributed by atoms with Crippen LogP contribution in [0.25, 0.3) is 10.9 Å². The number of aromatic nitrogens is 1. The van der Waals surface area contributed by atoms with Crippen LogP contribution in [-0.2, 0) is 29.1 Å². The molecule has 26 heavy (non-hydrogen) atoms. The van der Waals surface area contributed by atoms with E-state index in [1.54, 1.807) is 17.0 Å². The van der Waals surface area contributed by atoms with Gasteiger partial charge >= 0.3 is 0 Å². The molecule has 5 heteroatoms. The number of ketones is 1. The average molecular weight is 348 g/mol. The van der Waals surface area contributed by atoms with Gasteiger partial charge in [-0.1, -0.05) is 30.3 Å². The zero-order valence-electron chi connectivity index (χ0n) is 14.1. The molecule has 2 aliphatic heterocycles. The maximum Gasteiger partial charge on any atom is 0.231 e. The normalized spacial score (nSPS) is 19.1. The topological polar surface area (TPSA) is 42.3 Å². The van der Waals surface area contributed by atoms with E-state index in [-0.39, 0.29) is 30.0 Å². The zero-order chi connectivity index (χ0) is 17.8. The van der Waals surface area contributed by atoms with Crippen LogP contribution in [0.4, 0.5) is 4.39 Å². The van der Waals surface area contributed by atoms with Crippen molar-refractivity contribution in [3.05, 3.63) is 71.2 Å². The van der Waals surface area contributed by atoms with Crippen molar-refractivity contribution < 1.29 is 14.0 Å². The Bertz CT molecular complexity index is 1050. The minimum atomic E-state index is -0.319. The van der Waals surface area contributed by atoms with Crippen LogP contribution in [0.2, 0.25) is 0 Å². The quantitative estimate of drug-likeness (QED) is 0.668. The fourth-order valence-corrected chi connectivity index (χ4v) is 4.28. The number of para-hydroxylation sites is 1. The Labute approximate surface area is 149 Å². The highest BCUT2D eigenvalue weighted by Crippen LogP contribution is 2.36. The molecular formula is C21H17FN2O2. The molecular weight excluding hydrogens is 331 g/mol. The van der Waals surface area contributed by atoms with Crippen LogP contribution in [0.15, 0.2) is 48.5 Å². The van der Waals surface area contributed by atoms with Crippen molar-refractivity contribution in [2.75, 3.05) is 0 Å². The molecule has 1 aromatic heterocycles. The smallest absolute Gasteiger partial charge is 0.231 e. The molecule has 3 aromatic rings. The van der Waals surface area contributed by atoms with E-state index in [9.17, 15) is 14.0 Å². The number of carbonyl (C=O) groups excluding carboxylic acids is 2. The van der Waals surface area contributed by atoms with Crippen molar-refractivity contribution in [2.24, 2.45) is 0 Å². The van der Waals surface area contributed by atoms with Gasteiger partial charge in [-0.05, 0) is 29.3 Å². The van der Waals surface area contributed by atoms with Gasteiger partial charge in [-0.3, -0.25) is 9.59 Å². The van der Waals surface area contributed by atoms with Crippen molar-refractivity contribution in [2.45, 2.75) is 32.0 Å². The molecule has 0 saturated carbocycles. The molecule has 1 saturated heterocycles. The largest absolute Gasteiger partial charge is 0.338 e. The molecule has 1 unspecified atom stereocenters. The van der Waals surface area contributed by atoms with Crippen molar-refractivity contribution in [1.82, 2.24) is 9.47 Å². The standard InChI is InChI=1S/C21H17FN2O2/c22-14-7-5-13(6-8-14)11-23-17-4-2-1-3-15(17)16-9-18-20(25)10-21(26)24(18)12-19(16)23/h1-8,18H,9-12H2. The molecule has 2 aliphatic rings. The first-order valence-corrected chi connectivity index (χ1v) is 8.77. The number of carbonyl (C=O) groups is 2. The van der Waals surface area contributed by atoms with Crippen molar-refractivity contribution in [3.63, 3.8) is 0 Å². The van der Waals surface area contributed by atoms with Crippen LogP contribution in [0, 0.1) is 5.82 Å². The number of benzene rings is 2. The Hall–Kier alpha value is -2.95. The Morgan fingerprint density at radius 3 is 2.62 bits per heavy atom. The third-order valence-electron chi connectivity index (χ3n) is 5.56. The summed E-state index contributed by atoms with van der Waals surface area (Å²) in [6, 6.07) is 14.3. The van der Waals surface area contributed by atoms with Crippen molar-refractivity contribution in [3.8, 4) is 0 Å². The number of halogens is 1. The van der Waals surface area contributed by atoms with E-state index in [1.165, 1.54) is 12.1 Å². The summed E-state index contributed by atoms with van der Waals surface area (Å²) in [6.07, 6.45) is 0.599. The van der Waals surface area contributed by atoms with Gasteiger partial charge in [-0.15, -0.1) is 0 Å². The van der Waals surface area contributed by atoms with Crippen molar-refractivity contribution in [1.29, 1.82) is 0 Å². The fraction of sp³-hybridized carbons (Fsp3) is 0.238. The van der Waals surface area contributed by atoms with E-state index in [2.05, 4.69) is 16.7 Å². The molecule has 5 rings (SSSR count). The zero-order valence-corrected chi connectivity index (χ0v) is 14.1. The molecule has 0 N–H and O–H groups in total. The van der Waals surface area contributed by atoms with E-state index >= 15 is 0 Å². The molecule has 3 heterocycles. The molecule has 130 valence electrons. The summed E-state index contributed by atoms with van der Waals surface area (Å²) in [5, 5.41) is 1.14. The highest BCUT2D eigenvalue weighted by molar-refractivity contribution is 6.08. The van der Waals surface area contributed by atoms with Crippen LogP contribution in [0.3, 0.4) is 0 Å². The van der Waals surface area contributed by atoms with E-state index in [0.29, 0.717) is 19.5 Å². The highest BCUT2D eigenvalue weighted by atomic mass is 19.1. The lowest BCUT2D eigenvalue weighted by atomic mass is 9.96. The SMILES string of the molecule is O=C1CC(=O)N2Cc3c(c4ccccc4n3Cc3ccc(F)cc3)CC12. The summed E-state index contributed by atoms with van der Waals surface area (Å²) in [6.45, 7) is 1.07. The van der Waals surface area contributed by atoms with Gasteiger partial charge in [-0.2, -0.15) is 0 Å². The highest BCUT2D eigenvalue weighted by Gasteiger charge is 2.43. The summed E-state index contributed by atoms with van der Waals surface area (Å²) in [5.74, 6) is -0.308. The van der Waals surface area contributed by atoms with Gasteiger partial charge in [-0.25, -0.2) is 4.39 Å². The van der Waals surface area contributed by atoms with Gasteiger partial charge in [0, 0.05) is 29.6 Å². The van der Waals surface area contributed by atoms with E-state index in [4.69, 9.17) is 0 Å². The van der Waals surface area contributed by atoms with E-state index in [0.717, 1.165) is 27.7 Å². The lowest BCUT2D eigenvalue weighted by Crippen LogP contribution is -2.41. The predicted molar refractivity (Wildman–Crippen MR) is 95.1 cm³/mol. The van der Waals surface area contributed by atoms with Crippen LogP contribution >= 0.6 is 0 Å². The maximum atomic E-state index is 13.2. The third-order valence-corrected chi connectivity index (χ3v) is 5.56. The molecule has 0 spiro atoms. The lowest BCUT2D eigenvalue weighted by molar-refractivity contribution is -0.129. The fourth-order valence-electron chi connectivity index (χ4n) is 4.28. The Kier molecular flexibility index (Phi) is 3.26. The summed E-state index contributed by atoms with van der Waals surface area (Å²) < 4.78 is 15.4. The maximum absolute atomic E-state index is 13.2. The second kappa shape index (κ2) is 5.53. The van der Waals surface area contributed by atoms with Crippen LogP contribution in [0.5, 0.6) is 0 Å². The lowest BCUT2D eigenvalue weighted by Gasteiger charge is -2.30. The molecule has 0 radical (unpaired) electrons. The van der Waals surface area contributed by atoms with Gasteiger partial charge in [0.25, 0.3) is 0 Å². The minimum Gasteiger partial charge on any atom is -0.338 e. The molecule has 0 aliphatic carbocycles. The Morgan fingerprint density at radius 2 is 1.81 bits per heavy atom. The average Bonchev–Trinajstić information content (AvgIpc) is 3.10. The number of fused-ring (bicyclic) bond motifs is 4. The van der Waals surface area contributed by atoms with Crippen LogP contribution < -0.4 is 0 Å². The first kappa shape index (κ1) is 15.3. The first-order chi connectivity index (χ1) is 12.6. The summed E-state index contributed by atoms with van der Waals surface area (Å²) >= 11 is 0. The van der Waals surface area contributed by atoms with Gasteiger partial charge < -0.3 is 9.47 Å². The summed E-state index contributed by atoms with van der Waals surface area (Å²) in [7, 11) is 0. The summed E-state index contributed by atoms with van der Waals surface area (Å²) in [4.78, 5) is 26.1. The molecule has 0 bridgehead atoms. The number of nitrogens with zero attached hydrogens (tertiary/aromatic N) is 2. The second-order valence-electron chi connectivity index (χ2n) is 7.04. The number of rotatable bonds is 2. The van der Waals surface area contributed by atoms with Gasteiger partial charge in [0.1, 0.15) is 5.82 Å². The minimum absolute atomic E-state index is 0.0187. The van der Waals surface area contributed by atoms with E-state index < -0.39 is 0 Å². The number of hydrogen-bond acceptors (Lipinski definition) is 2. The number of hydrogen-bond donors (Lipinski definition) is 0. The van der Waals surface area contributed by atoms with E-state index in [1.807, 2.05) is 12.1 Å². The number of Topliss-reactive ketones (excluding diaryl/α,β-unsaturated/α-hetero) is 1. The van der Waals surface area contributed by atoms with Gasteiger partial charge in [0.05, 0.1) is 19.0 Å². The van der Waals surface area contributed by atoms with Crippen LogP contribution in [-0.4, -0.2) is 27.2 Å². The van der Waals surface area contributed by atoms with Gasteiger partial charge in [0.2, 0.25) is 5.91 Å². The van der Waals surface area contributed by atoms with Crippen LogP contribution in [0.1, 0.15) is 23.2 Å². The Balaban J connectivity index is 1.65. The molecule has 1 amide bonds. The van der Waals surface area contributed by atoms with Gasteiger partial charge in [0.15, 0.2) is 5.78 Å². The second-order valence-corrected chi connectivity index (χ2v) is 7.04. The summed E-state index contributed by atoms with van der Waals surface area (Å²) in [5.41, 5.74) is 4.32. The molecule has 1 fully saturated rings. The molecule has 1 atom stereocenters. The monoisotopic (exact) mass is 348 g/mol. The number of amides is 1. The van der Waals surface area contributed by atoms with Crippen molar-refractivity contribution >= 4 is 22.6 Å². The Morgan fingerprint density at radius 1 is 1.04 bits per heavy atom.